The molecule has 0 aliphatic carbocycles. The first-order chi connectivity index (χ1) is 8.85. The van der Waals surface area contributed by atoms with Gasteiger partial charge in [-0.15, -0.1) is 0 Å². The predicted molar refractivity (Wildman–Crippen MR) is 74.1 cm³/mol. The Bertz CT molecular complexity index is 555. The van der Waals surface area contributed by atoms with Crippen molar-refractivity contribution in [1.82, 2.24) is 5.32 Å². The molecule has 1 rings (SSSR count). The first-order valence-corrected chi connectivity index (χ1v) is 7.88. The van der Waals surface area contributed by atoms with E-state index >= 15 is 0 Å². The second-order valence-corrected chi connectivity index (χ2v) is 6.30. The minimum Gasteiger partial charge on any atom is -0.493 e. The van der Waals surface area contributed by atoms with Gasteiger partial charge in [0.05, 0.1) is 12.4 Å². The molecule has 0 atom stereocenters. The number of nitrogen functional groups attached to an aromatic ring is 1. The molecule has 0 bridgehead atoms. The number of nitrogens with one attached hydrogen (secondary N) is 1. The van der Waals surface area contributed by atoms with E-state index in [0.29, 0.717) is 18.0 Å². The number of hydrogen-bond acceptors (Lipinski definition) is 5. The van der Waals surface area contributed by atoms with Crippen molar-refractivity contribution < 1.29 is 17.9 Å². The van der Waals surface area contributed by atoms with Crippen LogP contribution in [-0.4, -0.2) is 39.5 Å². The highest BCUT2D eigenvalue weighted by Gasteiger charge is 2.16. The summed E-state index contributed by atoms with van der Waals surface area (Å²) in [5.41, 5.74) is 6.28. The Hall–Kier alpha value is -1.76. The Labute approximate surface area is 112 Å². The van der Waals surface area contributed by atoms with E-state index in [4.69, 9.17) is 10.5 Å². The van der Waals surface area contributed by atoms with Crippen LogP contribution in [0.25, 0.3) is 0 Å². The normalized spacial score (nSPS) is 11.1. The monoisotopic (exact) mass is 286 g/mol. The van der Waals surface area contributed by atoms with Crippen molar-refractivity contribution in [2.45, 2.75) is 6.92 Å². The van der Waals surface area contributed by atoms with Gasteiger partial charge in [0, 0.05) is 18.5 Å². The van der Waals surface area contributed by atoms with Crippen LogP contribution in [0.3, 0.4) is 0 Å². The average Bonchev–Trinajstić information content (AvgIpc) is 2.27. The molecular weight excluding hydrogens is 268 g/mol. The molecule has 1 aromatic rings. The molecule has 0 unspecified atom stereocenters. The number of hydrogen-bond donors (Lipinski definition) is 2. The van der Waals surface area contributed by atoms with Crippen molar-refractivity contribution >= 4 is 21.4 Å². The van der Waals surface area contributed by atoms with Crippen LogP contribution in [0, 0.1) is 0 Å². The molecule has 6 nitrogen and oxygen atoms in total. The van der Waals surface area contributed by atoms with Gasteiger partial charge in [0.15, 0.2) is 0 Å². The first kappa shape index (κ1) is 15.3. The summed E-state index contributed by atoms with van der Waals surface area (Å²) in [5, 5.41) is 2.52. The molecule has 0 heterocycles. The van der Waals surface area contributed by atoms with E-state index in [1.54, 1.807) is 25.1 Å². The van der Waals surface area contributed by atoms with Crippen molar-refractivity contribution in [1.29, 1.82) is 0 Å². The summed E-state index contributed by atoms with van der Waals surface area (Å²) < 4.78 is 27.3. The summed E-state index contributed by atoms with van der Waals surface area (Å²) in [4.78, 5) is 12.0. The highest BCUT2D eigenvalue weighted by molar-refractivity contribution is 7.90. The average molecular weight is 286 g/mol. The van der Waals surface area contributed by atoms with Gasteiger partial charge in [-0.05, 0) is 19.1 Å². The van der Waals surface area contributed by atoms with Crippen LogP contribution < -0.4 is 15.8 Å². The van der Waals surface area contributed by atoms with Crippen molar-refractivity contribution in [3.63, 3.8) is 0 Å². The summed E-state index contributed by atoms with van der Waals surface area (Å²) in [6.45, 7) is 2.25. The maximum absolute atomic E-state index is 12.0. The third-order valence-corrected chi connectivity index (χ3v) is 3.29. The lowest BCUT2D eigenvalue weighted by Crippen LogP contribution is -2.29. The van der Waals surface area contributed by atoms with Crippen LogP contribution >= 0.6 is 0 Å². The summed E-state index contributed by atoms with van der Waals surface area (Å²) in [5.74, 6) is -0.167. The number of benzene rings is 1. The SMILES string of the molecule is CCOc1cccc(N)c1C(=O)NCCS(C)(=O)=O. The van der Waals surface area contributed by atoms with Crippen molar-refractivity contribution in [3.8, 4) is 5.75 Å². The minimum absolute atomic E-state index is 0.0393. The van der Waals surface area contributed by atoms with Gasteiger partial charge in [-0.3, -0.25) is 4.79 Å². The quantitative estimate of drug-likeness (QED) is 0.739. The van der Waals surface area contributed by atoms with Crippen LogP contribution in [0.2, 0.25) is 0 Å². The molecule has 0 spiro atoms. The molecule has 0 fully saturated rings. The zero-order valence-corrected chi connectivity index (χ0v) is 11.8. The molecule has 106 valence electrons. The Morgan fingerprint density at radius 3 is 2.68 bits per heavy atom. The predicted octanol–water partition coefficient (Wildman–Crippen LogP) is 0.442. The van der Waals surface area contributed by atoms with E-state index < -0.39 is 15.7 Å². The number of rotatable bonds is 6. The maximum Gasteiger partial charge on any atom is 0.257 e. The highest BCUT2D eigenvalue weighted by atomic mass is 32.2. The van der Waals surface area contributed by atoms with E-state index in [0.717, 1.165) is 6.26 Å². The zero-order valence-electron chi connectivity index (χ0n) is 11.0. The Kier molecular flexibility index (Phi) is 5.17. The second-order valence-electron chi connectivity index (χ2n) is 4.04. The zero-order chi connectivity index (χ0) is 14.5. The topological polar surface area (TPSA) is 98.5 Å². The molecule has 19 heavy (non-hydrogen) atoms. The number of nitrogens with two attached hydrogens (primary N) is 1. The van der Waals surface area contributed by atoms with Gasteiger partial charge < -0.3 is 15.8 Å². The van der Waals surface area contributed by atoms with Gasteiger partial charge in [0.25, 0.3) is 5.91 Å². The smallest absolute Gasteiger partial charge is 0.257 e. The minimum atomic E-state index is -3.11. The number of sulfone groups is 1. The summed E-state index contributed by atoms with van der Waals surface area (Å²) in [6, 6.07) is 4.92. The van der Waals surface area contributed by atoms with Crippen molar-refractivity contribution in [2.24, 2.45) is 0 Å². The fourth-order valence-electron chi connectivity index (χ4n) is 1.51. The molecule has 0 aliphatic heterocycles. The lowest BCUT2D eigenvalue weighted by atomic mass is 10.1. The van der Waals surface area contributed by atoms with E-state index in [-0.39, 0.29) is 17.9 Å². The van der Waals surface area contributed by atoms with Crippen molar-refractivity contribution in [3.05, 3.63) is 23.8 Å². The molecular formula is C12H18N2O4S. The number of ether oxygens (including phenoxy) is 1. The van der Waals surface area contributed by atoms with Crippen LogP contribution in [0.5, 0.6) is 5.75 Å². The number of amides is 1. The molecule has 3 N–H and O–H groups in total. The molecule has 0 aromatic heterocycles. The first-order valence-electron chi connectivity index (χ1n) is 5.82. The Morgan fingerprint density at radius 1 is 1.42 bits per heavy atom. The standard InChI is InChI=1S/C12H18N2O4S/c1-3-18-10-6-4-5-9(13)11(10)12(15)14-7-8-19(2,16)17/h4-6H,3,7-8,13H2,1-2H3,(H,14,15). The van der Waals surface area contributed by atoms with Gasteiger partial charge in [-0.2, -0.15) is 0 Å². The number of carbonyl (C=O) groups is 1. The van der Waals surface area contributed by atoms with Gasteiger partial charge in [0.1, 0.15) is 21.2 Å². The molecule has 0 aliphatic rings. The van der Waals surface area contributed by atoms with E-state index in [2.05, 4.69) is 5.32 Å². The number of anilines is 1. The van der Waals surface area contributed by atoms with Gasteiger partial charge in [0.2, 0.25) is 0 Å². The Morgan fingerprint density at radius 2 is 2.11 bits per heavy atom. The van der Waals surface area contributed by atoms with Gasteiger partial charge in [-0.1, -0.05) is 6.07 Å². The number of carbonyl (C=O) groups excluding carboxylic acids is 1. The summed E-state index contributed by atoms with van der Waals surface area (Å²) in [6.07, 6.45) is 1.11. The summed E-state index contributed by atoms with van der Waals surface area (Å²) in [7, 11) is -3.11. The maximum atomic E-state index is 12.0. The molecule has 7 heteroatoms. The van der Waals surface area contributed by atoms with E-state index in [1.165, 1.54) is 0 Å². The third-order valence-electron chi connectivity index (χ3n) is 2.34. The molecule has 0 saturated carbocycles. The fraction of sp³-hybridized carbons (Fsp3) is 0.417. The van der Waals surface area contributed by atoms with Gasteiger partial charge >= 0.3 is 0 Å². The second kappa shape index (κ2) is 6.42. The summed E-state index contributed by atoms with van der Waals surface area (Å²) >= 11 is 0. The lowest BCUT2D eigenvalue weighted by Gasteiger charge is -2.12. The van der Waals surface area contributed by atoms with Crippen LogP contribution in [0.15, 0.2) is 18.2 Å². The lowest BCUT2D eigenvalue weighted by molar-refractivity contribution is 0.0953. The van der Waals surface area contributed by atoms with Gasteiger partial charge in [-0.25, -0.2) is 8.42 Å². The molecule has 0 radical (unpaired) electrons. The molecule has 1 amide bonds. The largest absolute Gasteiger partial charge is 0.493 e. The van der Waals surface area contributed by atoms with E-state index in [9.17, 15) is 13.2 Å². The molecule has 0 saturated heterocycles. The van der Waals surface area contributed by atoms with Crippen molar-refractivity contribution in [2.75, 3.05) is 30.9 Å². The molecule has 1 aromatic carbocycles. The van der Waals surface area contributed by atoms with Crippen LogP contribution in [0.4, 0.5) is 5.69 Å². The van der Waals surface area contributed by atoms with Crippen LogP contribution in [-0.2, 0) is 9.84 Å². The fourth-order valence-corrected chi connectivity index (χ4v) is 1.98. The Balaban J connectivity index is 2.81. The van der Waals surface area contributed by atoms with E-state index in [1.807, 2.05) is 0 Å². The van der Waals surface area contributed by atoms with Crippen LogP contribution in [0.1, 0.15) is 17.3 Å². The highest BCUT2D eigenvalue weighted by Crippen LogP contribution is 2.24. The third kappa shape index (κ3) is 4.78.